The predicted molar refractivity (Wildman–Crippen MR) is 70.5 cm³/mol. The van der Waals surface area contributed by atoms with E-state index < -0.39 is 10.8 Å². The van der Waals surface area contributed by atoms with Gasteiger partial charge in [0.05, 0.1) is 0 Å². The van der Waals surface area contributed by atoms with Gasteiger partial charge in [-0.1, -0.05) is 13.8 Å². The molecule has 0 fully saturated rings. The molecule has 1 N–H and O–H groups in total. The van der Waals surface area contributed by atoms with Crippen molar-refractivity contribution in [1.29, 1.82) is 0 Å². The van der Waals surface area contributed by atoms with Crippen molar-refractivity contribution in [3.8, 4) is 0 Å². The zero-order valence-corrected chi connectivity index (χ0v) is 11.7. The van der Waals surface area contributed by atoms with Crippen molar-refractivity contribution in [3.05, 3.63) is 5.82 Å². The highest BCUT2D eigenvalue weighted by atomic mass is 32.2. The van der Waals surface area contributed by atoms with E-state index in [2.05, 4.69) is 21.6 Å². The molecule has 0 saturated carbocycles. The summed E-state index contributed by atoms with van der Waals surface area (Å²) in [6.07, 6.45) is 4.65. The summed E-state index contributed by atoms with van der Waals surface area (Å²) in [5.74, 6) is 0.919. The summed E-state index contributed by atoms with van der Waals surface area (Å²) in [7, 11) is -0.739. The van der Waals surface area contributed by atoms with Crippen molar-refractivity contribution in [2.45, 2.75) is 38.4 Å². The van der Waals surface area contributed by atoms with E-state index in [9.17, 15) is 4.21 Å². The molecule has 92 valence electrons. The molecule has 6 heteroatoms. The number of anilines is 1. The second-order valence-corrected chi connectivity index (χ2v) is 6.34. The number of rotatable bonds is 7. The molecule has 4 nitrogen and oxygen atoms in total. The molecule has 0 amide bonds. The van der Waals surface area contributed by atoms with Crippen molar-refractivity contribution in [2.24, 2.45) is 0 Å². The molecule has 0 aliphatic carbocycles. The normalized spacial score (nSPS) is 14.7. The number of nitrogens with zero attached hydrogens (tertiary/aromatic N) is 2. The molecule has 1 aromatic heterocycles. The number of hydrogen-bond acceptors (Lipinski definition) is 5. The summed E-state index contributed by atoms with van der Waals surface area (Å²) in [5, 5.41) is 4.32. The van der Waals surface area contributed by atoms with Crippen LogP contribution in [0.5, 0.6) is 0 Å². The summed E-state index contributed by atoms with van der Waals surface area (Å²) in [5.41, 5.74) is 0. The zero-order valence-electron chi connectivity index (χ0n) is 10.0. The first-order chi connectivity index (χ1) is 7.63. The molecule has 0 bridgehead atoms. The molecular weight excluding hydrogens is 242 g/mol. The Morgan fingerprint density at radius 1 is 1.56 bits per heavy atom. The maximum Gasteiger partial charge on any atom is 0.202 e. The Labute approximate surface area is 103 Å². The van der Waals surface area contributed by atoms with Crippen LogP contribution in [0, 0.1) is 0 Å². The number of aryl methyl sites for hydroxylation is 1. The lowest BCUT2D eigenvalue weighted by Crippen LogP contribution is -2.14. The van der Waals surface area contributed by atoms with E-state index in [0.29, 0.717) is 0 Å². The minimum absolute atomic E-state index is 0.232. The van der Waals surface area contributed by atoms with Gasteiger partial charge in [-0.3, -0.25) is 4.21 Å². The van der Waals surface area contributed by atoms with E-state index in [0.717, 1.165) is 36.8 Å². The van der Waals surface area contributed by atoms with Crippen molar-refractivity contribution in [3.63, 3.8) is 0 Å². The van der Waals surface area contributed by atoms with E-state index in [-0.39, 0.29) is 5.25 Å². The average molecular weight is 261 g/mol. The third-order valence-corrected chi connectivity index (χ3v) is 4.41. The van der Waals surface area contributed by atoms with Crippen LogP contribution in [-0.4, -0.2) is 31.6 Å². The van der Waals surface area contributed by atoms with Gasteiger partial charge in [0.1, 0.15) is 5.82 Å². The van der Waals surface area contributed by atoms with Crippen LogP contribution >= 0.6 is 11.5 Å². The summed E-state index contributed by atoms with van der Waals surface area (Å²) in [6.45, 7) is 4.92. The highest BCUT2D eigenvalue weighted by Gasteiger charge is 2.06. The highest BCUT2D eigenvalue weighted by molar-refractivity contribution is 7.84. The van der Waals surface area contributed by atoms with Gasteiger partial charge in [0.2, 0.25) is 5.13 Å². The van der Waals surface area contributed by atoms with Crippen LogP contribution in [-0.2, 0) is 17.2 Å². The first-order valence-corrected chi connectivity index (χ1v) is 7.91. The van der Waals surface area contributed by atoms with Crippen LogP contribution in [0.2, 0.25) is 0 Å². The van der Waals surface area contributed by atoms with E-state index in [1.807, 2.05) is 6.92 Å². The van der Waals surface area contributed by atoms with Crippen LogP contribution in [0.15, 0.2) is 0 Å². The molecule has 2 unspecified atom stereocenters. The Bertz CT molecular complexity index is 341. The van der Waals surface area contributed by atoms with Crippen LogP contribution in [0.4, 0.5) is 5.13 Å². The number of hydrogen-bond donors (Lipinski definition) is 1. The van der Waals surface area contributed by atoms with E-state index in [1.165, 1.54) is 11.5 Å². The molecule has 0 spiro atoms. The minimum atomic E-state index is -0.739. The molecular formula is C10H19N3OS2. The quantitative estimate of drug-likeness (QED) is 0.816. The Hall–Kier alpha value is -0.490. The molecule has 2 atom stereocenters. The van der Waals surface area contributed by atoms with Crippen LogP contribution in [0.25, 0.3) is 0 Å². The monoisotopic (exact) mass is 261 g/mol. The fraction of sp³-hybridized carbons (Fsp3) is 0.800. The highest BCUT2D eigenvalue weighted by Crippen LogP contribution is 2.12. The summed E-state index contributed by atoms with van der Waals surface area (Å²) >= 11 is 1.40. The first-order valence-electron chi connectivity index (χ1n) is 5.52. The van der Waals surface area contributed by atoms with Gasteiger partial charge in [-0.05, 0) is 12.8 Å². The molecule has 1 heterocycles. The van der Waals surface area contributed by atoms with Crippen LogP contribution in [0.3, 0.4) is 0 Å². The molecule has 0 saturated heterocycles. The lowest BCUT2D eigenvalue weighted by Gasteiger charge is -2.07. The summed E-state index contributed by atoms with van der Waals surface area (Å²) in [6, 6.07) is 0. The van der Waals surface area contributed by atoms with E-state index >= 15 is 0 Å². The number of nitrogens with one attached hydrogen (secondary N) is 1. The SMILES string of the molecule is CCCc1nsc(NCCC(C)S(C)=O)n1. The van der Waals surface area contributed by atoms with Gasteiger partial charge in [-0.15, -0.1) is 0 Å². The zero-order chi connectivity index (χ0) is 12.0. The third-order valence-electron chi connectivity index (χ3n) is 2.34. The molecule has 0 aromatic carbocycles. The smallest absolute Gasteiger partial charge is 0.202 e. The minimum Gasteiger partial charge on any atom is -0.360 e. The fourth-order valence-corrected chi connectivity index (χ4v) is 2.29. The Morgan fingerprint density at radius 3 is 2.94 bits per heavy atom. The lowest BCUT2D eigenvalue weighted by molar-refractivity contribution is 0.672. The van der Waals surface area contributed by atoms with Gasteiger partial charge in [0, 0.05) is 46.8 Å². The lowest BCUT2D eigenvalue weighted by atomic mass is 10.3. The molecule has 1 rings (SSSR count). The number of aromatic nitrogens is 2. The first kappa shape index (κ1) is 13.6. The third kappa shape index (κ3) is 4.57. The second kappa shape index (κ2) is 6.96. The second-order valence-electron chi connectivity index (χ2n) is 3.79. The molecule has 0 aliphatic heterocycles. The van der Waals surface area contributed by atoms with Gasteiger partial charge in [0.15, 0.2) is 0 Å². The van der Waals surface area contributed by atoms with Crippen molar-refractivity contribution in [2.75, 3.05) is 18.1 Å². The van der Waals surface area contributed by atoms with Crippen molar-refractivity contribution >= 4 is 27.5 Å². The summed E-state index contributed by atoms with van der Waals surface area (Å²) in [4.78, 5) is 4.36. The molecule has 1 aromatic rings. The van der Waals surface area contributed by atoms with Crippen molar-refractivity contribution < 1.29 is 4.21 Å². The van der Waals surface area contributed by atoms with Gasteiger partial charge < -0.3 is 5.32 Å². The Kier molecular flexibility index (Phi) is 5.90. The Balaban J connectivity index is 2.29. The maximum atomic E-state index is 11.1. The molecule has 0 radical (unpaired) electrons. The standard InChI is InChI=1S/C10H19N3OS2/c1-4-5-9-12-10(15-13-9)11-7-6-8(2)16(3)14/h8H,4-7H2,1-3H3,(H,11,12,13). The van der Waals surface area contributed by atoms with E-state index in [1.54, 1.807) is 6.26 Å². The predicted octanol–water partition coefficient (Wildman–Crippen LogP) is 2.06. The molecule has 0 aliphatic rings. The summed E-state index contributed by atoms with van der Waals surface area (Å²) < 4.78 is 15.4. The molecule has 16 heavy (non-hydrogen) atoms. The van der Waals surface area contributed by atoms with Gasteiger partial charge in [-0.25, -0.2) is 4.98 Å². The largest absolute Gasteiger partial charge is 0.360 e. The van der Waals surface area contributed by atoms with E-state index in [4.69, 9.17) is 0 Å². The van der Waals surface area contributed by atoms with Gasteiger partial charge >= 0.3 is 0 Å². The average Bonchev–Trinajstić information content (AvgIpc) is 2.66. The fourth-order valence-electron chi connectivity index (χ4n) is 1.20. The van der Waals surface area contributed by atoms with Gasteiger partial charge in [-0.2, -0.15) is 4.37 Å². The van der Waals surface area contributed by atoms with Crippen molar-refractivity contribution in [1.82, 2.24) is 9.36 Å². The van der Waals surface area contributed by atoms with Crippen LogP contribution < -0.4 is 5.32 Å². The maximum absolute atomic E-state index is 11.1. The van der Waals surface area contributed by atoms with Crippen LogP contribution in [0.1, 0.15) is 32.5 Å². The Morgan fingerprint density at radius 2 is 2.31 bits per heavy atom. The topological polar surface area (TPSA) is 54.9 Å². The van der Waals surface area contributed by atoms with Gasteiger partial charge in [0.25, 0.3) is 0 Å².